The number of amides is 2. The Labute approximate surface area is 175 Å². The molecule has 2 aromatic carbocycles. The van der Waals surface area contributed by atoms with E-state index in [1.807, 2.05) is 30.3 Å². The Balaban J connectivity index is 1.93. The van der Waals surface area contributed by atoms with Crippen molar-refractivity contribution >= 4 is 17.8 Å². The van der Waals surface area contributed by atoms with Crippen molar-refractivity contribution in [3.05, 3.63) is 77.0 Å². The smallest absolute Gasteiger partial charge is 0.338 e. The number of carbonyl (C=O) groups excluding carboxylic acids is 3. The summed E-state index contributed by atoms with van der Waals surface area (Å²) in [5.74, 6) is 0.0276. The molecule has 0 saturated carbocycles. The maximum Gasteiger partial charge on any atom is 0.338 e. The number of nitrogens with one attached hydrogen (secondary N) is 1. The molecule has 0 bridgehead atoms. The minimum absolute atomic E-state index is 0.0151. The topological polar surface area (TPSA) is 84.9 Å². The lowest BCUT2D eigenvalue weighted by Crippen LogP contribution is -2.48. The number of esters is 1. The SMILES string of the molecule is CCC(=O)c1ccc(OCC2=C(C(=O)OC)C(c3ccccc3)NC(=O)N2C)cc1. The van der Waals surface area contributed by atoms with Gasteiger partial charge in [0.2, 0.25) is 0 Å². The molecule has 7 heteroatoms. The first-order valence-electron chi connectivity index (χ1n) is 9.62. The van der Waals surface area contributed by atoms with Gasteiger partial charge in [0.1, 0.15) is 12.4 Å². The summed E-state index contributed by atoms with van der Waals surface area (Å²) in [6, 6.07) is 15.0. The zero-order valence-electron chi connectivity index (χ0n) is 17.2. The van der Waals surface area contributed by atoms with E-state index in [-0.39, 0.29) is 18.4 Å². The summed E-state index contributed by atoms with van der Waals surface area (Å²) in [7, 11) is 2.87. The van der Waals surface area contributed by atoms with Crippen LogP contribution in [0.25, 0.3) is 0 Å². The van der Waals surface area contributed by atoms with Gasteiger partial charge >= 0.3 is 12.0 Å². The first-order chi connectivity index (χ1) is 14.5. The van der Waals surface area contributed by atoms with E-state index in [0.717, 1.165) is 5.56 Å². The largest absolute Gasteiger partial charge is 0.487 e. The third-order valence-corrected chi connectivity index (χ3v) is 4.99. The van der Waals surface area contributed by atoms with Crippen molar-refractivity contribution in [2.75, 3.05) is 20.8 Å². The molecule has 1 aliphatic rings. The van der Waals surface area contributed by atoms with Gasteiger partial charge in [0, 0.05) is 19.0 Å². The van der Waals surface area contributed by atoms with Gasteiger partial charge in [-0.2, -0.15) is 0 Å². The van der Waals surface area contributed by atoms with Crippen molar-refractivity contribution in [3.63, 3.8) is 0 Å². The third-order valence-electron chi connectivity index (χ3n) is 4.99. The van der Waals surface area contributed by atoms with Gasteiger partial charge in [0.25, 0.3) is 0 Å². The molecule has 30 heavy (non-hydrogen) atoms. The van der Waals surface area contributed by atoms with Gasteiger partial charge in [-0.15, -0.1) is 0 Å². The zero-order valence-corrected chi connectivity index (χ0v) is 17.2. The van der Waals surface area contributed by atoms with Crippen LogP contribution < -0.4 is 10.1 Å². The molecule has 1 heterocycles. The molecule has 2 amide bonds. The van der Waals surface area contributed by atoms with Gasteiger partial charge in [-0.1, -0.05) is 37.3 Å². The molecule has 1 unspecified atom stereocenters. The summed E-state index contributed by atoms with van der Waals surface area (Å²) in [6.45, 7) is 1.79. The molecule has 0 spiro atoms. The average Bonchev–Trinajstić information content (AvgIpc) is 2.79. The van der Waals surface area contributed by atoms with Crippen LogP contribution in [-0.2, 0) is 9.53 Å². The molecule has 0 saturated heterocycles. The second-order valence-electron chi connectivity index (χ2n) is 6.79. The third kappa shape index (κ3) is 4.35. The van der Waals surface area contributed by atoms with Crippen molar-refractivity contribution in [2.24, 2.45) is 0 Å². The number of rotatable bonds is 7. The lowest BCUT2D eigenvalue weighted by atomic mass is 9.95. The van der Waals surface area contributed by atoms with Crippen LogP contribution in [0.5, 0.6) is 5.75 Å². The first-order valence-corrected chi connectivity index (χ1v) is 9.62. The van der Waals surface area contributed by atoms with Crippen LogP contribution >= 0.6 is 0 Å². The number of likely N-dealkylation sites (N-methyl/N-ethyl adjacent to an activating group) is 1. The van der Waals surface area contributed by atoms with Crippen molar-refractivity contribution in [1.82, 2.24) is 10.2 Å². The van der Waals surface area contributed by atoms with Crippen LogP contribution in [0, 0.1) is 0 Å². The standard InChI is InChI=1S/C23H24N2O5/c1-4-19(26)15-10-12-17(13-11-15)30-14-18-20(22(27)29-3)21(24-23(28)25(18)2)16-8-6-5-7-9-16/h5-13,21H,4,14H2,1-3H3,(H,24,28). The van der Waals surface area contributed by atoms with Crippen LogP contribution in [0.15, 0.2) is 65.9 Å². The van der Waals surface area contributed by atoms with E-state index < -0.39 is 12.0 Å². The molecule has 0 aliphatic carbocycles. The van der Waals surface area contributed by atoms with Gasteiger partial charge in [-0.05, 0) is 29.8 Å². The number of benzene rings is 2. The number of ketones is 1. The Morgan fingerprint density at radius 3 is 2.33 bits per heavy atom. The molecular formula is C23H24N2O5. The monoisotopic (exact) mass is 408 g/mol. The van der Waals surface area contributed by atoms with Crippen molar-refractivity contribution in [3.8, 4) is 5.75 Å². The van der Waals surface area contributed by atoms with E-state index in [1.165, 1.54) is 12.0 Å². The molecule has 7 nitrogen and oxygen atoms in total. The fourth-order valence-corrected chi connectivity index (χ4v) is 3.27. The van der Waals surface area contributed by atoms with Gasteiger partial charge in [-0.25, -0.2) is 9.59 Å². The summed E-state index contributed by atoms with van der Waals surface area (Å²) in [5.41, 5.74) is 2.09. The second-order valence-corrected chi connectivity index (χ2v) is 6.79. The van der Waals surface area contributed by atoms with E-state index in [4.69, 9.17) is 9.47 Å². The summed E-state index contributed by atoms with van der Waals surface area (Å²) in [5, 5.41) is 2.84. The maximum atomic E-state index is 12.6. The average molecular weight is 408 g/mol. The summed E-state index contributed by atoms with van der Waals surface area (Å²) < 4.78 is 10.8. The Kier molecular flexibility index (Phi) is 6.51. The number of urea groups is 1. The first kappa shape index (κ1) is 21.1. The summed E-state index contributed by atoms with van der Waals surface area (Å²) in [4.78, 5) is 38.3. The highest BCUT2D eigenvalue weighted by Crippen LogP contribution is 2.31. The van der Waals surface area contributed by atoms with Crippen molar-refractivity contribution < 1.29 is 23.9 Å². The normalized spacial score (nSPS) is 16.2. The Bertz CT molecular complexity index is 967. The number of ether oxygens (including phenoxy) is 2. The maximum absolute atomic E-state index is 12.6. The van der Waals surface area contributed by atoms with E-state index >= 15 is 0 Å². The number of nitrogens with zero attached hydrogens (tertiary/aromatic N) is 1. The predicted molar refractivity (Wildman–Crippen MR) is 111 cm³/mol. The lowest BCUT2D eigenvalue weighted by molar-refractivity contribution is -0.136. The fourth-order valence-electron chi connectivity index (χ4n) is 3.27. The Hall–Kier alpha value is -3.61. The van der Waals surface area contributed by atoms with Crippen LogP contribution in [0.2, 0.25) is 0 Å². The van der Waals surface area contributed by atoms with E-state index in [0.29, 0.717) is 29.0 Å². The molecule has 1 aliphatic heterocycles. The predicted octanol–water partition coefficient (Wildman–Crippen LogP) is 3.48. The molecule has 1 atom stereocenters. The van der Waals surface area contributed by atoms with Gasteiger partial charge in [0.15, 0.2) is 5.78 Å². The fraction of sp³-hybridized carbons (Fsp3) is 0.261. The quantitative estimate of drug-likeness (QED) is 0.560. The second kappa shape index (κ2) is 9.26. The summed E-state index contributed by atoms with van der Waals surface area (Å²) >= 11 is 0. The molecular weight excluding hydrogens is 384 g/mol. The van der Waals surface area contributed by atoms with Gasteiger partial charge in [0.05, 0.1) is 24.4 Å². The van der Waals surface area contributed by atoms with Crippen molar-refractivity contribution in [2.45, 2.75) is 19.4 Å². The minimum atomic E-state index is -0.648. The molecule has 0 radical (unpaired) electrons. The number of hydrogen-bond acceptors (Lipinski definition) is 5. The summed E-state index contributed by atoms with van der Waals surface area (Å²) in [6.07, 6.45) is 0.427. The molecule has 156 valence electrons. The van der Waals surface area contributed by atoms with Crippen molar-refractivity contribution in [1.29, 1.82) is 0 Å². The highest BCUT2D eigenvalue weighted by atomic mass is 16.5. The van der Waals surface area contributed by atoms with E-state index in [9.17, 15) is 14.4 Å². The van der Waals surface area contributed by atoms with Gasteiger partial charge in [-0.3, -0.25) is 9.69 Å². The van der Waals surface area contributed by atoms with Gasteiger partial charge < -0.3 is 14.8 Å². The van der Waals surface area contributed by atoms with E-state index in [2.05, 4.69) is 5.32 Å². The zero-order chi connectivity index (χ0) is 21.7. The van der Waals surface area contributed by atoms with Crippen LogP contribution in [0.4, 0.5) is 4.79 Å². The Morgan fingerprint density at radius 1 is 1.07 bits per heavy atom. The molecule has 1 N–H and O–H groups in total. The number of Topliss-reactive ketones (excluding diaryl/α,β-unsaturated/α-hetero) is 1. The molecule has 0 fully saturated rings. The molecule has 3 rings (SSSR count). The number of hydrogen-bond donors (Lipinski definition) is 1. The molecule has 0 aromatic heterocycles. The van der Waals surface area contributed by atoms with Crippen LogP contribution in [0.1, 0.15) is 35.3 Å². The minimum Gasteiger partial charge on any atom is -0.487 e. The highest BCUT2D eigenvalue weighted by Gasteiger charge is 2.36. The number of methoxy groups -OCH3 is 1. The lowest BCUT2D eigenvalue weighted by Gasteiger charge is -2.34. The highest BCUT2D eigenvalue weighted by molar-refractivity contribution is 5.96. The Morgan fingerprint density at radius 2 is 1.73 bits per heavy atom. The number of carbonyl (C=O) groups is 3. The van der Waals surface area contributed by atoms with E-state index in [1.54, 1.807) is 38.2 Å². The van der Waals surface area contributed by atoms with Crippen LogP contribution in [0.3, 0.4) is 0 Å². The molecule has 2 aromatic rings. The van der Waals surface area contributed by atoms with Crippen LogP contribution in [-0.4, -0.2) is 43.4 Å².